The van der Waals surface area contributed by atoms with Crippen LogP contribution in [0.4, 0.5) is 13.2 Å². The van der Waals surface area contributed by atoms with Gasteiger partial charge in [0, 0.05) is 0 Å². The summed E-state index contributed by atoms with van der Waals surface area (Å²) in [5.41, 5.74) is 4.91. The largest absolute Gasteiger partial charge is 0.457 e. The number of halogens is 3. The van der Waals surface area contributed by atoms with E-state index in [1.165, 1.54) is 19.2 Å². The second-order valence-electron chi connectivity index (χ2n) is 3.94. The molecule has 2 N–H and O–H groups in total. The van der Waals surface area contributed by atoms with Crippen molar-refractivity contribution in [3.8, 4) is 11.5 Å². The Morgan fingerprint density at radius 3 is 1.60 bits per heavy atom. The van der Waals surface area contributed by atoms with Crippen LogP contribution in [0.25, 0.3) is 0 Å². The minimum Gasteiger partial charge on any atom is -0.457 e. The minimum atomic E-state index is -4.32. The van der Waals surface area contributed by atoms with Gasteiger partial charge in [0.05, 0.1) is 5.56 Å². The Kier molecular flexibility index (Phi) is 5.58. The fraction of sp³-hybridized carbons (Fsp3) is 0.200. The van der Waals surface area contributed by atoms with E-state index in [1.807, 2.05) is 19.1 Å². The van der Waals surface area contributed by atoms with Crippen molar-refractivity contribution in [3.05, 3.63) is 59.7 Å². The van der Waals surface area contributed by atoms with Crippen LogP contribution in [0.5, 0.6) is 11.5 Å². The first-order valence-corrected chi connectivity index (χ1v) is 5.95. The van der Waals surface area contributed by atoms with E-state index in [1.54, 1.807) is 12.1 Å². The van der Waals surface area contributed by atoms with Crippen molar-refractivity contribution in [1.82, 2.24) is 0 Å². The van der Waals surface area contributed by atoms with Crippen LogP contribution >= 0.6 is 0 Å². The van der Waals surface area contributed by atoms with Crippen molar-refractivity contribution in [1.29, 1.82) is 0 Å². The number of aryl methyl sites for hydroxylation is 1. The van der Waals surface area contributed by atoms with Gasteiger partial charge in [0.1, 0.15) is 11.5 Å². The van der Waals surface area contributed by atoms with Crippen LogP contribution < -0.4 is 10.5 Å². The molecule has 0 saturated heterocycles. The van der Waals surface area contributed by atoms with Crippen LogP contribution in [0, 0.1) is 6.92 Å². The van der Waals surface area contributed by atoms with Crippen molar-refractivity contribution in [2.75, 3.05) is 7.05 Å². The predicted octanol–water partition coefficient (Wildman–Crippen LogP) is 4.38. The highest BCUT2D eigenvalue weighted by Crippen LogP contribution is 2.31. The van der Waals surface area contributed by atoms with E-state index in [9.17, 15) is 13.2 Å². The van der Waals surface area contributed by atoms with E-state index >= 15 is 0 Å². The highest BCUT2D eigenvalue weighted by atomic mass is 19.4. The van der Waals surface area contributed by atoms with Crippen LogP contribution in [-0.2, 0) is 6.18 Å². The Labute approximate surface area is 116 Å². The molecule has 108 valence electrons. The fourth-order valence-electron chi connectivity index (χ4n) is 1.45. The van der Waals surface area contributed by atoms with Crippen LogP contribution in [0.3, 0.4) is 0 Å². The van der Waals surface area contributed by atoms with Gasteiger partial charge in [0.25, 0.3) is 0 Å². The second-order valence-corrected chi connectivity index (χ2v) is 3.94. The standard InChI is InChI=1S/C14H11F3O.CH5N/c1-10-2-6-12(7-3-10)18-13-8-4-11(5-9-13)14(15,16)17;1-2/h2-9H,1H3;2H2,1H3. The van der Waals surface area contributed by atoms with Gasteiger partial charge in [-0.1, -0.05) is 17.7 Å². The van der Waals surface area contributed by atoms with Crippen molar-refractivity contribution in [2.24, 2.45) is 5.73 Å². The third-order valence-electron chi connectivity index (χ3n) is 2.44. The fourth-order valence-corrected chi connectivity index (χ4v) is 1.45. The maximum absolute atomic E-state index is 12.4. The lowest BCUT2D eigenvalue weighted by molar-refractivity contribution is -0.137. The number of rotatable bonds is 2. The molecule has 0 saturated carbocycles. The summed E-state index contributed by atoms with van der Waals surface area (Å²) in [4.78, 5) is 0. The number of ether oxygens (including phenoxy) is 1. The lowest BCUT2D eigenvalue weighted by Gasteiger charge is -2.09. The van der Waals surface area contributed by atoms with E-state index < -0.39 is 11.7 Å². The van der Waals surface area contributed by atoms with E-state index in [0.29, 0.717) is 11.5 Å². The summed E-state index contributed by atoms with van der Waals surface area (Å²) in [6, 6.07) is 11.9. The first-order valence-electron chi connectivity index (χ1n) is 5.95. The normalized spacial score (nSPS) is 10.5. The second kappa shape index (κ2) is 6.96. The molecule has 0 atom stereocenters. The van der Waals surface area contributed by atoms with E-state index in [0.717, 1.165) is 17.7 Å². The van der Waals surface area contributed by atoms with Crippen LogP contribution in [0.1, 0.15) is 11.1 Å². The average Bonchev–Trinajstić information content (AvgIpc) is 2.43. The lowest BCUT2D eigenvalue weighted by Crippen LogP contribution is -2.03. The molecular formula is C15H16F3NO. The Morgan fingerprint density at radius 1 is 0.800 bits per heavy atom. The molecule has 0 fully saturated rings. The zero-order valence-corrected chi connectivity index (χ0v) is 11.2. The molecule has 0 spiro atoms. The van der Waals surface area contributed by atoms with Gasteiger partial charge in [-0.2, -0.15) is 13.2 Å². The summed E-state index contributed by atoms with van der Waals surface area (Å²) in [6.07, 6.45) is -4.32. The number of alkyl halides is 3. The topological polar surface area (TPSA) is 35.2 Å². The molecular weight excluding hydrogens is 267 g/mol. The van der Waals surface area contributed by atoms with E-state index in [4.69, 9.17) is 4.74 Å². The van der Waals surface area contributed by atoms with Crippen LogP contribution in [0.15, 0.2) is 48.5 Å². The van der Waals surface area contributed by atoms with Crippen LogP contribution in [-0.4, -0.2) is 7.05 Å². The number of nitrogens with two attached hydrogens (primary N) is 1. The first-order chi connectivity index (χ1) is 9.45. The van der Waals surface area contributed by atoms with Gasteiger partial charge in [0.2, 0.25) is 0 Å². The molecule has 0 aliphatic carbocycles. The minimum absolute atomic E-state index is 0.381. The number of benzene rings is 2. The van der Waals surface area contributed by atoms with Gasteiger partial charge in [0.15, 0.2) is 0 Å². The zero-order chi connectivity index (χ0) is 15.2. The van der Waals surface area contributed by atoms with Gasteiger partial charge in [-0.05, 0) is 50.4 Å². The quantitative estimate of drug-likeness (QED) is 0.887. The predicted molar refractivity (Wildman–Crippen MR) is 72.8 cm³/mol. The smallest absolute Gasteiger partial charge is 0.416 e. The molecule has 0 aromatic heterocycles. The maximum Gasteiger partial charge on any atom is 0.416 e. The van der Waals surface area contributed by atoms with Gasteiger partial charge < -0.3 is 10.5 Å². The van der Waals surface area contributed by atoms with Gasteiger partial charge in [-0.3, -0.25) is 0 Å². The Bertz CT molecular complexity index is 518. The van der Waals surface area contributed by atoms with Crippen LogP contribution in [0.2, 0.25) is 0 Å². The Hall–Kier alpha value is -2.01. The molecule has 0 heterocycles. The molecule has 0 amide bonds. The molecule has 5 heteroatoms. The molecule has 0 aliphatic heterocycles. The number of hydrogen-bond donors (Lipinski definition) is 1. The summed E-state index contributed by atoms with van der Waals surface area (Å²) in [6.45, 7) is 1.95. The molecule has 0 aliphatic rings. The Balaban J connectivity index is 0.000000956. The monoisotopic (exact) mass is 283 g/mol. The van der Waals surface area contributed by atoms with Gasteiger partial charge in [-0.15, -0.1) is 0 Å². The third kappa shape index (κ3) is 4.59. The number of hydrogen-bond acceptors (Lipinski definition) is 2. The maximum atomic E-state index is 12.4. The van der Waals surface area contributed by atoms with Gasteiger partial charge >= 0.3 is 6.18 Å². The summed E-state index contributed by atoms with van der Waals surface area (Å²) in [5, 5.41) is 0. The summed E-state index contributed by atoms with van der Waals surface area (Å²) < 4.78 is 42.5. The van der Waals surface area contributed by atoms with Crippen molar-refractivity contribution >= 4 is 0 Å². The first kappa shape index (κ1) is 16.0. The Morgan fingerprint density at radius 2 is 1.20 bits per heavy atom. The summed E-state index contributed by atoms with van der Waals surface area (Å²) in [5.74, 6) is 0.979. The molecule has 2 rings (SSSR count). The molecule has 2 aromatic carbocycles. The van der Waals surface area contributed by atoms with E-state index in [2.05, 4.69) is 5.73 Å². The SMILES string of the molecule is CN.Cc1ccc(Oc2ccc(C(F)(F)F)cc2)cc1. The molecule has 0 radical (unpaired) electrons. The zero-order valence-electron chi connectivity index (χ0n) is 11.2. The lowest BCUT2D eigenvalue weighted by atomic mass is 10.2. The summed E-state index contributed by atoms with van der Waals surface area (Å²) in [7, 11) is 1.50. The molecule has 0 bridgehead atoms. The van der Waals surface area contributed by atoms with E-state index in [-0.39, 0.29) is 0 Å². The molecule has 2 aromatic rings. The van der Waals surface area contributed by atoms with Crippen molar-refractivity contribution in [2.45, 2.75) is 13.1 Å². The molecule has 2 nitrogen and oxygen atoms in total. The van der Waals surface area contributed by atoms with Crippen molar-refractivity contribution in [3.63, 3.8) is 0 Å². The summed E-state index contributed by atoms with van der Waals surface area (Å²) >= 11 is 0. The third-order valence-corrected chi connectivity index (χ3v) is 2.44. The molecule has 20 heavy (non-hydrogen) atoms. The highest BCUT2D eigenvalue weighted by molar-refractivity contribution is 5.34. The van der Waals surface area contributed by atoms with Gasteiger partial charge in [-0.25, -0.2) is 0 Å². The molecule has 0 unspecified atom stereocenters. The van der Waals surface area contributed by atoms with Crippen molar-refractivity contribution < 1.29 is 17.9 Å². The average molecular weight is 283 g/mol. The highest BCUT2D eigenvalue weighted by Gasteiger charge is 2.29.